The Bertz CT molecular complexity index is 1670. The molecule has 0 radical (unpaired) electrons. The Balaban J connectivity index is 1.21. The van der Waals surface area contributed by atoms with Crippen molar-refractivity contribution >= 4 is 29.6 Å². The molecule has 3 aromatic rings. The smallest absolute Gasteiger partial charge is 0.253 e. The summed E-state index contributed by atoms with van der Waals surface area (Å²) in [4.78, 5) is 54.5. The summed E-state index contributed by atoms with van der Waals surface area (Å²) in [6.07, 6.45) is 12.0. The highest BCUT2D eigenvalue weighted by atomic mass is 16.2. The lowest BCUT2D eigenvalue weighted by atomic mass is 9.79. The van der Waals surface area contributed by atoms with Crippen molar-refractivity contribution in [1.82, 2.24) is 25.1 Å². The number of hydrogen-bond acceptors (Lipinski definition) is 6. The van der Waals surface area contributed by atoms with E-state index in [0.717, 1.165) is 54.7 Å². The van der Waals surface area contributed by atoms with Gasteiger partial charge >= 0.3 is 0 Å². The second kappa shape index (κ2) is 11.9. The average Bonchev–Trinajstić information content (AvgIpc) is 3.56. The van der Waals surface area contributed by atoms with Gasteiger partial charge in [0.2, 0.25) is 11.8 Å². The normalized spacial score (nSPS) is 27.8. The van der Waals surface area contributed by atoms with Gasteiger partial charge in [0.05, 0.1) is 11.0 Å². The summed E-state index contributed by atoms with van der Waals surface area (Å²) in [6.45, 7) is 4.55. The maximum atomic E-state index is 13.9. The van der Waals surface area contributed by atoms with Crippen molar-refractivity contribution in [3.63, 3.8) is 0 Å². The molecule has 1 aromatic carbocycles. The molecule has 1 aliphatic carbocycles. The third kappa shape index (κ3) is 5.43. The second-order valence-corrected chi connectivity index (χ2v) is 13.2. The molecular weight excluding hydrogens is 564 g/mol. The molecule has 7 bridgehead atoms. The van der Waals surface area contributed by atoms with Crippen molar-refractivity contribution < 1.29 is 14.4 Å². The molecule has 3 amide bonds. The molecule has 0 saturated carbocycles. The first-order valence-corrected chi connectivity index (χ1v) is 16.1. The topological polar surface area (TPSA) is 108 Å². The van der Waals surface area contributed by atoms with Crippen molar-refractivity contribution in [3.8, 4) is 0 Å². The number of benzene rings is 1. The highest BCUT2D eigenvalue weighted by molar-refractivity contribution is 6.06. The van der Waals surface area contributed by atoms with Crippen LogP contribution in [0, 0.1) is 0 Å². The van der Waals surface area contributed by atoms with Crippen molar-refractivity contribution in [2.24, 2.45) is 0 Å². The Kier molecular flexibility index (Phi) is 7.73. The van der Waals surface area contributed by atoms with Gasteiger partial charge in [-0.1, -0.05) is 48.9 Å². The molecule has 7 rings (SSSR count). The highest BCUT2D eigenvalue weighted by Crippen LogP contribution is 2.46. The third-order valence-electron chi connectivity index (χ3n) is 10.2. The van der Waals surface area contributed by atoms with E-state index in [1.54, 1.807) is 12.4 Å². The van der Waals surface area contributed by atoms with E-state index in [-0.39, 0.29) is 29.7 Å². The molecule has 9 heteroatoms. The van der Waals surface area contributed by atoms with Gasteiger partial charge in [0.15, 0.2) is 0 Å². The van der Waals surface area contributed by atoms with Crippen molar-refractivity contribution in [3.05, 3.63) is 94.4 Å². The fourth-order valence-electron chi connectivity index (χ4n) is 7.65. The monoisotopic (exact) mass is 604 g/mol. The fourth-order valence-corrected chi connectivity index (χ4v) is 7.65. The van der Waals surface area contributed by atoms with Crippen LogP contribution in [0.4, 0.5) is 5.82 Å². The molecule has 3 unspecified atom stereocenters. The van der Waals surface area contributed by atoms with Gasteiger partial charge in [0, 0.05) is 55.1 Å². The Morgan fingerprint density at radius 3 is 2.62 bits per heavy atom. The number of carbonyl (C=O) groups excluding carboxylic acids is 3. The molecule has 5 heterocycles. The van der Waals surface area contributed by atoms with Gasteiger partial charge in [-0.2, -0.15) is 0 Å². The molecule has 3 aliphatic heterocycles. The SMILES string of the molecule is CC1C(c2ccccc2)CC2NC(=O)c3cnc4c(c3)C[C@@]3(C4)C(=O)Nc4ncc(cc43)/C=C/CN(C)CCCCCN1C2=O. The van der Waals surface area contributed by atoms with Crippen molar-refractivity contribution in [2.75, 3.05) is 32.0 Å². The fraction of sp³-hybridized carbons (Fsp3) is 0.417. The predicted octanol–water partition coefficient (Wildman–Crippen LogP) is 4.10. The van der Waals surface area contributed by atoms with Gasteiger partial charge in [0.1, 0.15) is 11.9 Å². The molecule has 1 fully saturated rings. The third-order valence-corrected chi connectivity index (χ3v) is 10.2. The number of nitrogens with one attached hydrogen (secondary N) is 2. The van der Waals surface area contributed by atoms with Gasteiger partial charge in [0.25, 0.3) is 5.91 Å². The predicted molar refractivity (Wildman–Crippen MR) is 173 cm³/mol. The first kappa shape index (κ1) is 29.3. The van der Waals surface area contributed by atoms with E-state index in [2.05, 4.69) is 69.8 Å². The van der Waals surface area contributed by atoms with Crippen LogP contribution in [0.1, 0.15) is 76.8 Å². The summed E-state index contributed by atoms with van der Waals surface area (Å²) < 4.78 is 0. The molecule has 232 valence electrons. The molecule has 45 heavy (non-hydrogen) atoms. The average molecular weight is 605 g/mol. The summed E-state index contributed by atoms with van der Waals surface area (Å²) in [5.74, 6) is 0.273. The number of hydrogen-bond donors (Lipinski definition) is 2. The van der Waals surface area contributed by atoms with E-state index >= 15 is 0 Å². The lowest BCUT2D eigenvalue weighted by Crippen LogP contribution is -2.58. The minimum Gasteiger partial charge on any atom is -0.340 e. The Labute approximate surface area is 264 Å². The van der Waals surface area contributed by atoms with Gasteiger partial charge in [-0.05, 0) is 75.0 Å². The number of likely N-dealkylation sites (N-methyl/N-ethyl adjacent to an activating group) is 1. The number of piperidine rings is 1. The first-order chi connectivity index (χ1) is 21.8. The molecule has 4 aliphatic rings. The minimum atomic E-state index is -0.802. The number of nitrogens with zero attached hydrogens (tertiary/aromatic N) is 4. The van der Waals surface area contributed by atoms with Crippen LogP contribution in [0.5, 0.6) is 0 Å². The van der Waals surface area contributed by atoms with Crippen LogP contribution in [0.3, 0.4) is 0 Å². The maximum Gasteiger partial charge on any atom is 0.253 e. The molecule has 2 aromatic heterocycles. The number of pyridine rings is 2. The van der Waals surface area contributed by atoms with Gasteiger partial charge in [-0.15, -0.1) is 0 Å². The summed E-state index contributed by atoms with van der Waals surface area (Å²) >= 11 is 0. The summed E-state index contributed by atoms with van der Waals surface area (Å²) in [7, 11) is 2.12. The lowest BCUT2D eigenvalue weighted by molar-refractivity contribution is -0.139. The highest BCUT2D eigenvalue weighted by Gasteiger charge is 2.52. The second-order valence-electron chi connectivity index (χ2n) is 13.2. The zero-order valence-electron chi connectivity index (χ0n) is 26.0. The molecular formula is C36H40N6O3. The number of carbonyl (C=O) groups is 3. The Morgan fingerprint density at radius 2 is 1.78 bits per heavy atom. The summed E-state index contributed by atoms with van der Waals surface area (Å²) in [6, 6.07) is 13.6. The van der Waals surface area contributed by atoms with E-state index in [4.69, 9.17) is 0 Å². The standard InChI is InChI=1S/C36H40N6O3/c1-23-28(25-11-5-3-6-12-25)18-30-34(44)42(23)15-8-4-7-13-41(2)14-9-10-24-16-29-32(38-21-24)40-35(45)36(29)19-26-17-27(33(43)39-30)22-37-31(26)20-36/h3,5-6,9-12,16-17,21-23,28,30H,4,7-8,13-15,18-20H2,1-2H3,(H,39,43)(H,38,40,45)/b10-9+/t23?,28?,30?,36-/m0/s1. The van der Waals surface area contributed by atoms with Crippen LogP contribution in [-0.2, 0) is 27.8 Å². The van der Waals surface area contributed by atoms with Gasteiger partial charge in [-0.25, -0.2) is 4.98 Å². The van der Waals surface area contributed by atoms with Crippen LogP contribution in [0.2, 0.25) is 0 Å². The van der Waals surface area contributed by atoms with Gasteiger partial charge < -0.3 is 20.4 Å². The van der Waals surface area contributed by atoms with E-state index in [0.29, 0.717) is 37.2 Å². The van der Waals surface area contributed by atoms with E-state index in [9.17, 15) is 14.4 Å². The summed E-state index contributed by atoms with van der Waals surface area (Å²) in [5, 5.41) is 6.06. The largest absolute Gasteiger partial charge is 0.340 e. The molecule has 9 nitrogen and oxygen atoms in total. The van der Waals surface area contributed by atoms with Crippen LogP contribution in [0.25, 0.3) is 6.08 Å². The van der Waals surface area contributed by atoms with Crippen LogP contribution in [-0.4, -0.2) is 76.3 Å². The van der Waals surface area contributed by atoms with E-state index in [1.807, 2.05) is 29.2 Å². The number of anilines is 1. The van der Waals surface area contributed by atoms with E-state index < -0.39 is 11.5 Å². The lowest BCUT2D eigenvalue weighted by Gasteiger charge is -2.43. The Morgan fingerprint density at radius 1 is 0.956 bits per heavy atom. The molecule has 1 saturated heterocycles. The van der Waals surface area contributed by atoms with Crippen LogP contribution >= 0.6 is 0 Å². The number of aromatic nitrogens is 2. The first-order valence-electron chi connectivity index (χ1n) is 16.1. The van der Waals surface area contributed by atoms with Gasteiger partial charge in [-0.3, -0.25) is 19.4 Å². The number of rotatable bonds is 1. The number of amides is 3. The summed E-state index contributed by atoms with van der Waals surface area (Å²) in [5.41, 5.74) is 4.30. The Hall–Kier alpha value is -4.37. The van der Waals surface area contributed by atoms with Crippen LogP contribution in [0.15, 0.2) is 60.9 Å². The zero-order valence-corrected chi connectivity index (χ0v) is 26.0. The van der Waals surface area contributed by atoms with E-state index in [1.165, 1.54) is 5.56 Å². The zero-order chi connectivity index (χ0) is 31.1. The van der Waals surface area contributed by atoms with Crippen LogP contribution < -0.4 is 10.6 Å². The maximum absolute atomic E-state index is 13.9. The molecule has 2 N–H and O–H groups in total. The van der Waals surface area contributed by atoms with Crippen molar-refractivity contribution in [1.29, 1.82) is 0 Å². The molecule has 4 atom stereocenters. The molecule has 1 spiro atoms. The van der Waals surface area contributed by atoms with Crippen molar-refractivity contribution in [2.45, 2.75) is 68.9 Å². The minimum absolute atomic E-state index is 0.0250. The number of fused-ring (bicyclic) bond motifs is 4. The quantitative estimate of drug-likeness (QED) is 0.433.